The Hall–Kier alpha value is -3.09. The van der Waals surface area contributed by atoms with Crippen LogP contribution in [0.4, 0.5) is 0 Å². The van der Waals surface area contributed by atoms with Crippen molar-refractivity contribution in [2.24, 2.45) is 11.8 Å². The third kappa shape index (κ3) is 5.00. The summed E-state index contributed by atoms with van der Waals surface area (Å²) in [6, 6.07) is 7.36. The van der Waals surface area contributed by atoms with Crippen LogP contribution in [0.5, 0.6) is 5.75 Å². The molecule has 4 rings (SSSR count). The zero-order chi connectivity index (χ0) is 25.1. The first-order chi connectivity index (χ1) is 16.8. The molecule has 3 aliphatic rings. The molecule has 1 aromatic carbocycles. The van der Waals surface area contributed by atoms with E-state index in [0.717, 1.165) is 49.8 Å². The van der Waals surface area contributed by atoms with Crippen molar-refractivity contribution in [2.45, 2.75) is 70.8 Å². The molecule has 0 radical (unpaired) electrons. The highest BCUT2D eigenvalue weighted by Gasteiger charge is 2.47. The van der Waals surface area contributed by atoms with E-state index >= 15 is 0 Å². The van der Waals surface area contributed by atoms with Crippen molar-refractivity contribution in [3.63, 3.8) is 0 Å². The molecule has 0 unspecified atom stereocenters. The van der Waals surface area contributed by atoms with Crippen LogP contribution < -0.4 is 10.1 Å². The zero-order valence-corrected chi connectivity index (χ0v) is 21.0. The van der Waals surface area contributed by atoms with Crippen molar-refractivity contribution in [3.05, 3.63) is 52.4 Å². The van der Waals surface area contributed by atoms with E-state index in [1.54, 1.807) is 7.11 Å². The summed E-state index contributed by atoms with van der Waals surface area (Å²) in [6.45, 7) is 3.73. The zero-order valence-electron chi connectivity index (χ0n) is 21.0. The van der Waals surface area contributed by atoms with Crippen LogP contribution in [-0.4, -0.2) is 38.0 Å². The Morgan fingerprint density at radius 3 is 2.26 bits per heavy atom. The molecule has 7 nitrogen and oxygen atoms in total. The van der Waals surface area contributed by atoms with Crippen LogP contribution in [-0.2, 0) is 23.9 Å². The summed E-state index contributed by atoms with van der Waals surface area (Å²) in [4.78, 5) is 40.0. The number of allylic oxidation sites excluding steroid dienone is 3. The van der Waals surface area contributed by atoms with Crippen LogP contribution in [0, 0.1) is 11.8 Å². The molecule has 7 heteroatoms. The molecule has 0 saturated heterocycles. The highest BCUT2D eigenvalue weighted by molar-refractivity contribution is 6.12. The number of benzene rings is 1. The number of carbonyl (C=O) groups excluding carboxylic acids is 3. The summed E-state index contributed by atoms with van der Waals surface area (Å²) in [5.74, 6) is -2.33. The molecule has 35 heavy (non-hydrogen) atoms. The van der Waals surface area contributed by atoms with E-state index in [-0.39, 0.29) is 17.8 Å². The largest absolute Gasteiger partial charge is 0.497 e. The number of ketones is 1. The van der Waals surface area contributed by atoms with Crippen molar-refractivity contribution in [1.82, 2.24) is 5.32 Å². The number of dihydropyridines is 1. The minimum atomic E-state index is -0.904. The molecular weight excluding hydrogens is 446 g/mol. The van der Waals surface area contributed by atoms with E-state index in [1.807, 2.05) is 38.1 Å². The van der Waals surface area contributed by atoms with E-state index < -0.39 is 23.8 Å². The highest BCUT2D eigenvalue weighted by Crippen LogP contribution is 2.46. The molecular formula is C28H35NO6. The normalized spacial score (nSPS) is 25.4. The fourth-order valence-electron chi connectivity index (χ4n) is 5.66. The van der Waals surface area contributed by atoms with Gasteiger partial charge >= 0.3 is 11.9 Å². The highest BCUT2D eigenvalue weighted by atomic mass is 16.5. The number of esters is 2. The van der Waals surface area contributed by atoms with Gasteiger partial charge in [-0.2, -0.15) is 0 Å². The van der Waals surface area contributed by atoms with Crippen molar-refractivity contribution in [1.29, 1.82) is 0 Å². The second-order valence-corrected chi connectivity index (χ2v) is 9.83. The Morgan fingerprint density at radius 1 is 1.00 bits per heavy atom. The van der Waals surface area contributed by atoms with Gasteiger partial charge < -0.3 is 19.5 Å². The van der Waals surface area contributed by atoms with Gasteiger partial charge in [0.2, 0.25) is 0 Å². The van der Waals surface area contributed by atoms with Crippen molar-refractivity contribution >= 4 is 17.7 Å². The molecule has 3 atom stereocenters. The van der Waals surface area contributed by atoms with Gasteiger partial charge in [0.05, 0.1) is 19.8 Å². The lowest BCUT2D eigenvalue weighted by molar-refractivity contribution is -0.151. The molecule has 0 aromatic heterocycles. The van der Waals surface area contributed by atoms with Crippen LogP contribution in [0.2, 0.25) is 0 Å². The lowest BCUT2D eigenvalue weighted by Gasteiger charge is -2.38. The Morgan fingerprint density at radius 2 is 1.66 bits per heavy atom. The lowest BCUT2D eigenvalue weighted by Crippen LogP contribution is -2.43. The predicted octanol–water partition coefficient (Wildman–Crippen LogP) is 4.57. The van der Waals surface area contributed by atoms with Crippen molar-refractivity contribution < 1.29 is 28.6 Å². The first kappa shape index (κ1) is 25.0. The number of rotatable bonds is 5. The topological polar surface area (TPSA) is 90.9 Å². The number of hydrogen-bond donors (Lipinski definition) is 1. The van der Waals surface area contributed by atoms with Crippen LogP contribution in [0.1, 0.15) is 70.3 Å². The summed E-state index contributed by atoms with van der Waals surface area (Å²) in [6.07, 6.45) is 6.50. The van der Waals surface area contributed by atoms with E-state index in [9.17, 15) is 14.4 Å². The monoisotopic (exact) mass is 481 g/mol. The third-order valence-corrected chi connectivity index (χ3v) is 7.49. The second-order valence-electron chi connectivity index (χ2n) is 9.83. The first-order valence-electron chi connectivity index (χ1n) is 12.5. The fourth-order valence-corrected chi connectivity index (χ4v) is 5.66. The van der Waals surface area contributed by atoms with Crippen LogP contribution in [0.25, 0.3) is 0 Å². The van der Waals surface area contributed by atoms with E-state index in [0.29, 0.717) is 29.0 Å². The van der Waals surface area contributed by atoms with Gasteiger partial charge in [0.25, 0.3) is 0 Å². The maximum Gasteiger partial charge on any atom is 0.337 e. The summed E-state index contributed by atoms with van der Waals surface area (Å²) in [5.41, 5.74) is 3.08. The average molecular weight is 482 g/mol. The molecule has 1 heterocycles. The van der Waals surface area contributed by atoms with Crippen LogP contribution in [0.15, 0.2) is 46.8 Å². The fraction of sp³-hybridized carbons (Fsp3) is 0.536. The quantitative estimate of drug-likeness (QED) is 0.374. The van der Waals surface area contributed by atoms with Gasteiger partial charge in [0, 0.05) is 22.9 Å². The Labute approximate surface area is 206 Å². The summed E-state index contributed by atoms with van der Waals surface area (Å²) in [5, 5.41) is 3.32. The van der Waals surface area contributed by atoms with E-state index in [1.165, 1.54) is 7.11 Å². The summed E-state index contributed by atoms with van der Waals surface area (Å²) in [7, 11) is 2.89. The second kappa shape index (κ2) is 10.7. The van der Waals surface area contributed by atoms with E-state index in [4.69, 9.17) is 14.2 Å². The summed E-state index contributed by atoms with van der Waals surface area (Å²) < 4.78 is 16.3. The van der Waals surface area contributed by atoms with Gasteiger partial charge in [-0.15, -0.1) is 0 Å². The lowest BCUT2D eigenvalue weighted by atomic mass is 9.69. The molecule has 0 bridgehead atoms. The standard InChI is InChI=1S/C28H35NO6/c1-16-15-21-25(26(30)22(16)27(31)34-4)24(18-11-13-19(33-3)14-12-18)23(17(2)29-21)28(32)35-20-9-7-5-6-8-10-20/h11-14,16,20,22,24,29H,5-10,15H2,1-4H3/t16-,22-,24+/m1/s1. The number of ether oxygens (including phenoxy) is 3. The summed E-state index contributed by atoms with van der Waals surface area (Å²) >= 11 is 0. The number of Topliss-reactive ketones (excluding diaryl/α,β-unsaturated/α-hetero) is 1. The third-order valence-electron chi connectivity index (χ3n) is 7.49. The molecule has 1 aliphatic heterocycles. The van der Waals surface area contributed by atoms with Gasteiger partial charge in [-0.05, 0) is 62.6 Å². The molecule has 0 spiro atoms. The molecule has 1 N–H and O–H groups in total. The van der Waals surface area contributed by atoms with Crippen LogP contribution >= 0.6 is 0 Å². The SMILES string of the molecule is COC(=O)[C@H]1C(=O)C2=C(C[C@H]1C)NC(C)=C(C(=O)OC1CCCCCC1)[C@@H]2c1ccc(OC)cc1. The Kier molecular flexibility index (Phi) is 7.63. The minimum absolute atomic E-state index is 0.123. The molecule has 1 fully saturated rings. The van der Waals surface area contributed by atoms with Gasteiger partial charge in [-0.3, -0.25) is 9.59 Å². The van der Waals surface area contributed by atoms with Crippen molar-refractivity contribution in [2.75, 3.05) is 14.2 Å². The Bertz CT molecular complexity index is 1050. The number of nitrogens with one attached hydrogen (secondary N) is 1. The van der Waals surface area contributed by atoms with Gasteiger partial charge in [0.1, 0.15) is 17.8 Å². The molecule has 2 aliphatic carbocycles. The Balaban J connectivity index is 1.76. The van der Waals surface area contributed by atoms with Gasteiger partial charge in [0.15, 0.2) is 5.78 Å². The van der Waals surface area contributed by atoms with E-state index in [2.05, 4.69) is 5.32 Å². The number of carbonyl (C=O) groups is 3. The number of hydrogen-bond acceptors (Lipinski definition) is 7. The molecule has 1 aromatic rings. The van der Waals surface area contributed by atoms with Gasteiger partial charge in [-0.25, -0.2) is 4.79 Å². The number of methoxy groups -OCH3 is 2. The maximum atomic E-state index is 13.8. The smallest absolute Gasteiger partial charge is 0.337 e. The van der Waals surface area contributed by atoms with Gasteiger partial charge in [-0.1, -0.05) is 31.9 Å². The first-order valence-corrected chi connectivity index (χ1v) is 12.5. The van der Waals surface area contributed by atoms with Crippen molar-refractivity contribution in [3.8, 4) is 5.75 Å². The molecule has 188 valence electrons. The maximum absolute atomic E-state index is 13.8. The predicted molar refractivity (Wildman–Crippen MR) is 130 cm³/mol. The van der Waals surface area contributed by atoms with Crippen LogP contribution in [0.3, 0.4) is 0 Å². The molecule has 0 amide bonds. The molecule has 1 saturated carbocycles. The average Bonchev–Trinajstić information content (AvgIpc) is 3.11. The minimum Gasteiger partial charge on any atom is -0.497 e.